The molecule has 23 heavy (non-hydrogen) atoms. The van der Waals surface area contributed by atoms with Crippen molar-refractivity contribution in [1.29, 1.82) is 0 Å². The van der Waals surface area contributed by atoms with Gasteiger partial charge in [0.25, 0.3) is 5.91 Å². The summed E-state index contributed by atoms with van der Waals surface area (Å²) in [5, 5.41) is 14.6. The molecule has 0 bridgehead atoms. The molecule has 0 aliphatic heterocycles. The molecule has 1 N–H and O–H groups in total. The van der Waals surface area contributed by atoms with Gasteiger partial charge in [0.15, 0.2) is 12.3 Å². The van der Waals surface area contributed by atoms with Gasteiger partial charge in [-0.3, -0.25) is 4.79 Å². The quantitative estimate of drug-likeness (QED) is 0.529. The summed E-state index contributed by atoms with van der Waals surface area (Å²) in [4.78, 5) is 24.0. The highest BCUT2D eigenvalue weighted by atomic mass is 35.5. The third-order valence-corrected chi connectivity index (χ3v) is 3.62. The third kappa shape index (κ3) is 3.98. The first kappa shape index (κ1) is 16.8. The first-order chi connectivity index (χ1) is 10.9. The fourth-order valence-corrected chi connectivity index (χ4v) is 2.01. The molecule has 2 aromatic rings. The average Bonchev–Trinajstić information content (AvgIpc) is 2.52. The predicted molar refractivity (Wildman–Crippen MR) is 85.1 cm³/mol. The van der Waals surface area contributed by atoms with Crippen LogP contribution in [-0.4, -0.2) is 18.0 Å². The highest BCUT2D eigenvalue weighted by Gasteiger charge is 2.24. The Balaban J connectivity index is 2.04. The highest BCUT2D eigenvalue weighted by Crippen LogP contribution is 2.23. The Morgan fingerprint density at radius 2 is 2.00 bits per heavy atom. The average molecular weight is 335 g/mol. The second-order valence-corrected chi connectivity index (χ2v) is 5.27. The first-order valence-corrected chi connectivity index (χ1v) is 7.23. The van der Waals surface area contributed by atoms with Crippen LogP contribution in [0.15, 0.2) is 42.6 Å². The molecule has 0 radical (unpaired) electrons. The number of anilines is 1. The zero-order valence-electron chi connectivity index (χ0n) is 12.6. The minimum absolute atomic E-state index is 0.189. The van der Waals surface area contributed by atoms with Gasteiger partial charge in [-0.1, -0.05) is 17.7 Å². The molecule has 0 aliphatic rings. The maximum atomic E-state index is 12.1. The molecule has 1 amide bonds. The van der Waals surface area contributed by atoms with Gasteiger partial charge in [0, 0.05) is 22.8 Å². The maximum absolute atomic E-state index is 12.1. The van der Waals surface area contributed by atoms with Crippen molar-refractivity contribution in [2.45, 2.75) is 20.0 Å². The van der Waals surface area contributed by atoms with Gasteiger partial charge in [0.05, 0.1) is 0 Å². The number of hydrogen-bond acceptors (Lipinski definition) is 4. The number of carbonyl (C=O) groups excluding carboxylic acids is 2. The van der Waals surface area contributed by atoms with Gasteiger partial charge in [0.1, 0.15) is 0 Å². The third-order valence-electron chi connectivity index (χ3n) is 3.21. The van der Waals surface area contributed by atoms with Crippen molar-refractivity contribution in [1.82, 2.24) is 0 Å². The zero-order valence-corrected chi connectivity index (χ0v) is 13.3. The smallest absolute Gasteiger partial charge is 0.405 e. The lowest BCUT2D eigenvalue weighted by Crippen LogP contribution is -2.37. The molecule has 0 saturated heterocycles. The van der Waals surface area contributed by atoms with E-state index in [1.807, 2.05) is 0 Å². The zero-order chi connectivity index (χ0) is 17.0. The fraction of sp³-hybridized carbons (Fsp3) is 0.188. The lowest BCUT2D eigenvalue weighted by Gasteiger charge is -2.14. The monoisotopic (exact) mass is 334 g/mol. The normalized spacial score (nSPS) is 11.6. The molecule has 1 atom stereocenters. The van der Waals surface area contributed by atoms with Gasteiger partial charge in [-0.2, -0.15) is 4.73 Å². The van der Waals surface area contributed by atoms with Crippen molar-refractivity contribution in [3.63, 3.8) is 0 Å². The van der Waals surface area contributed by atoms with Crippen molar-refractivity contribution in [2.75, 3.05) is 5.32 Å². The van der Waals surface area contributed by atoms with Crippen molar-refractivity contribution in [3.8, 4) is 0 Å². The van der Waals surface area contributed by atoms with Crippen molar-refractivity contribution >= 4 is 29.2 Å². The number of amides is 1. The number of hydrogen-bond donors (Lipinski definition) is 1. The van der Waals surface area contributed by atoms with E-state index in [0.717, 1.165) is 0 Å². The summed E-state index contributed by atoms with van der Waals surface area (Å²) in [5.74, 6) is -1.39. The minimum atomic E-state index is -1.07. The highest BCUT2D eigenvalue weighted by molar-refractivity contribution is 6.31. The molecule has 2 rings (SSSR count). The minimum Gasteiger partial charge on any atom is -0.618 e. The Kier molecular flexibility index (Phi) is 5.18. The van der Waals surface area contributed by atoms with Crippen molar-refractivity contribution in [2.24, 2.45) is 0 Å². The number of ether oxygens (including phenoxy) is 1. The first-order valence-electron chi connectivity index (χ1n) is 6.85. The van der Waals surface area contributed by atoms with Crippen LogP contribution in [0, 0.1) is 12.1 Å². The summed E-state index contributed by atoms with van der Waals surface area (Å²) in [6, 6.07) is 9.44. The van der Waals surface area contributed by atoms with Gasteiger partial charge in [-0.15, -0.1) is 0 Å². The van der Waals surface area contributed by atoms with Gasteiger partial charge in [0.2, 0.25) is 0 Å². The van der Waals surface area contributed by atoms with Crippen LogP contribution < -0.4 is 10.0 Å². The van der Waals surface area contributed by atoms with Crippen LogP contribution in [0.3, 0.4) is 0 Å². The lowest BCUT2D eigenvalue weighted by atomic mass is 10.2. The lowest BCUT2D eigenvalue weighted by molar-refractivity contribution is -0.608. The molecule has 1 aromatic carbocycles. The van der Waals surface area contributed by atoms with E-state index in [4.69, 9.17) is 16.3 Å². The second-order valence-electron chi connectivity index (χ2n) is 4.86. The number of benzene rings is 1. The molecular formula is C16H15ClN2O4. The van der Waals surface area contributed by atoms with Gasteiger partial charge in [-0.05, 0) is 37.6 Å². The van der Waals surface area contributed by atoms with Crippen LogP contribution in [0.25, 0.3) is 0 Å². The summed E-state index contributed by atoms with van der Waals surface area (Å²) < 4.78 is 5.40. The van der Waals surface area contributed by atoms with Gasteiger partial charge < -0.3 is 15.3 Å². The standard InChI is InChI=1S/C16H15ClN2O4/c1-10-12(17)6-5-7-13(10)18-15(20)11(2)23-16(21)14-8-3-4-9-19(14)22/h3-9,11H,1-2H3,(H,18,20)/t11-/m0/s1. The van der Waals surface area contributed by atoms with E-state index in [2.05, 4.69) is 5.32 Å². The molecule has 1 aromatic heterocycles. The summed E-state index contributed by atoms with van der Waals surface area (Å²) >= 11 is 5.98. The van der Waals surface area contributed by atoms with E-state index in [-0.39, 0.29) is 5.69 Å². The molecule has 0 spiro atoms. The van der Waals surface area contributed by atoms with E-state index in [1.165, 1.54) is 31.3 Å². The Bertz CT molecular complexity index is 749. The molecule has 1 heterocycles. The predicted octanol–water partition coefficient (Wildman–Crippen LogP) is 2.47. The topological polar surface area (TPSA) is 82.3 Å². The number of halogens is 1. The van der Waals surface area contributed by atoms with Crippen molar-refractivity contribution in [3.05, 3.63) is 64.1 Å². The Labute approximate surface area is 138 Å². The molecule has 7 heteroatoms. The molecule has 0 saturated carbocycles. The number of aromatic nitrogens is 1. The number of carbonyl (C=O) groups is 2. The molecule has 0 fully saturated rings. The number of nitrogens with one attached hydrogen (secondary N) is 1. The van der Waals surface area contributed by atoms with Crippen LogP contribution in [-0.2, 0) is 9.53 Å². The summed E-state index contributed by atoms with van der Waals surface area (Å²) in [6.07, 6.45) is 0.109. The Hall–Kier alpha value is -2.60. The SMILES string of the molecule is Cc1c(Cl)cccc1NC(=O)[C@H](C)OC(=O)c1cccc[n+]1[O-]. The van der Waals surface area contributed by atoms with E-state index >= 15 is 0 Å². The summed E-state index contributed by atoms with van der Waals surface area (Å²) in [7, 11) is 0. The van der Waals surface area contributed by atoms with E-state index in [1.54, 1.807) is 25.1 Å². The number of pyridine rings is 1. The molecule has 6 nitrogen and oxygen atoms in total. The van der Waals surface area contributed by atoms with Crippen LogP contribution in [0.1, 0.15) is 23.0 Å². The van der Waals surface area contributed by atoms with Crippen LogP contribution >= 0.6 is 11.6 Å². The van der Waals surface area contributed by atoms with E-state index < -0.39 is 18.0 Å². The molecule has 0 aliphatic carbocycles. The number of rotatable bonds is 4. The van der Waals surface area contributed by atoms with Crippen LogP contribution in [0.4, 0.5) is 5.69 Å². The largest absolute Gasteiger partial charge is 0.618 e. The molecular weight excluding hydrogens is 320 g/mol. The van der Waals surface area contributed by atoms with E-state index in [0.29, 0.717) is 21.0 Å². The van der Waals surface area contributed by atoms with Crippen molar-refractivity contribution < 1.29 is 19.1 Å². The number of nitrogens with zero attached hydrogens (tertiary/aromatic N) is 1. The van der Waals surface area contributed by atoms with Gasteiger partial charge in [-0.25, -0.2) is 4.79 Å². The fourth-order valence-electron chi connectivity index (χ4n) is 1.84. The molecule has 120 valence electrons. The second kappa shape index (κ2) is 7.11. The Morgan fingerprint density at radius 1 is 1.26 bits per heavy atom. The Morgan fingerprint density at radius 3 is 2.70 bits per heavy atom. The van der Waals surface area contributed by atoms with Gasteiger partial charge >= 0.3 is 11.7 Å². The summed E-state index contributed by atoms with van der Waals surface area (Å²) in [6.45, 7) is 3.18. The number of esters is 1. The maximum Gasteiger partial charge on any atom is 0.405 e. The van der Waals surface area contributed by atoms with E-state index in [9.17, 15) is 14.8 Å². The summed E-state index contributed by atoms with van der Waals surface area (Å²) in [5.41, 5.74) is 1.05. The molecule has 0 unspecified atom stereocenters. The van der Waals surface area contributed by atoms with Crippen LogP contribution in [0.2, 0.25) is 5.02 Å². The van der Waals surface area contributed by atoms with Crippen LogP contribution in [0.5, 0.6) is 0 Å².